The van der Waals surface area contributed by atoms with Gasteiger partial charge in [0, 0.05) is 25.0 Å². The van der Waals surface area contributed by atoms with Gasteiger partial charge in [-0.2, -0.15) is 22.7 Å². The van der Waals surface area contributed by atoms with Crippen LogP contribution < -0.4 is 4.90 Å². The number of hydrogen-bond donors (Lipinski definition) is 0. The molecular weight excluding hydrogens is 348 g/mol. The van der Waals surface area contributed by atoms with Gasteiger partial charge in [-0.05, 0) is 36.5 Å². The molecule has 1 saturated heterocycles. The van der Waals surface area contributed by atoms with Gasteiger partial charge in [-0.1, -0.05) is 12.8 Å². The number of pyridine rings is 1. The standard InChI is InChI=1S/C18H20F4N4/c1-25-7-6-15(24-25)13-8-16(23-9-14(13)12-4-2-3-5-12)26-10-17(19,20)18(21,22)11-26/h6-9,12H,2-5,10-11H2,1H3. The number of alkyl halides is 4. The average Bonchev–Trinajstić information content (AvgIpc) is 3.28. The van der Waals surface area contributed by atoms with Crippen LogP contribution in [-0.2, 0) is 7.05 Å². The molecule has 0 unspecified atom stereocenters. The van der Waals surface area contributed by atoms with Gasteiger partial charge >= 0.3 is 11.8 Å². The smallest absolute Gasteiger partial charge is 0.329 e. The molecular formula is C18H20F4N4. The van der Waals surface area contributed by atoms with Crippen LogP contribution in [-0.4, -0.2) is 39.7 Å². The molecule has 0 radical (unpaired) electrons. The highest BCUT2D eigenvalue weighted by Crippen LogP contribution is 2.44. The summed E-state index contributed by atoms with van der Waals surface area (Å²) in [6, 6.07) is 3.47. The Hall–Kier alpha value is -2.12. The number of halogens is 4. The summed E-state index contributed by atoms with van der Waals surface area (Å²) in [5.74, 6) is -7.62. The number of aromatic nitrogens is 3. The summed E-state index contributed by atoms with van der Waals surface area (Å²) < 4.78 is 56.0. The second-order valence-corrected chi connectivity index (χ2v) is 7.25. The van der Waals surface area contributed by atoms with Crippen molar-refractivity contribution in [3.8, 4) is 11.3 Å². The van der Waals surface area contributed by atoms with Crippen molar-refractivity contribution in [3.63, 3.8) is 0 Å². The third kappa shape index (κ3) is 2.85. The SMILES string of the molecule is Cn1ccc(-c2cc(N3CC(F)(F)C(F)(F)C3)ncc2C2CCCC2)n1. The molecule has 2 fully saturated rings. The first-order valence-corrected chi connectivity index (χ1v) is 8.77. The van der Waals surface area contributed by atoms with Crippen molar-refractivity contribution in [2.75, 3.05) is 18.0 Å². The van der Waals surface area contributed by atoms with Crippen molar-refractivity contribution in [3.05, 3.63) is 30.1 Å². The van der Waals surface area contributed by atoms with Gasteiger partial charge < -0.3 is 4.90 Å². The summed E-state index contributed by atoms with van der Waals surface area (Å²) in [6.45, 7) is -2.06. The summed E-state index contributed by atoms with van der Waals surface area (Å²) in [4.78, 5) is 5.22. The fourth-order valence-corrected chi connectivity index (χ4v) is 3.90. The molecule has 0 aromatic carbocycles. The molecule has 1 aliphatic carbocycles. The van der Waals surface area contributed by atoms with E-state index < -0.39 is 24.9 Å². The van der Waals surface area contributed by atoms with Crippen molar-refractivity contribution in [2.24, 2.45) is 7.05 Å². The topological polar surface area (TPSA) is 34.0 Å². The summed E-state index contributed by atoms with van der Waals surface area (Å²) in [6.07, 6.45) is 7.81. The molecule has 2 aromatic rings. The molecule has 1 saturated carbocycles. The van der Waals surface area contributed by atoms with E-state index in [0.717, 1.165) is 41.7 Å². The maximum atomic E-state index is 13.6. The fourth-order valence-electron chi connectivity index (χ4n) is 3.90. The Labute approximate surface area is 148 Å². The fraction of sp³-hybridized carbons (Fsp3) is 0.556. The summed E-state index contributed by atoms with van der Waals surface area (Å²) in [7, 11) is 1.79. The zero-order chi connectivity index (χ0) is 18.5. The first-order chi connectivity index (χ1) is 12.3. The molecule has 2 aliphatic rings. The maximum Gasteiger partial charge on any atom is 0.329 e. The molecule has 1 aliphatic heterocycles. The minimum absolute atomic E-state index is 0.143. The van der Waals surface area contributed by atoms with Gasteiger partial charge in [0.15, 0.2) is 0 Å². The summed E-state index contributed by atoms with van der Waals surface area (Å²) >= 11 is 0. The van der Waals surface area contributed by atoms with Gasteiger partial charge in [-0.25, -0.2) is 4.98 Å². The van der Waals surface area contributed by atoms with Crippen LogP contribution in [0, 0.1) is 0 Å². The van der Waals surface area contributed by atoms with E-state index in [0.29, 0.717) is 11.6 Å². The predicted molar refractivity (Wildman–Crippen MR) is 89.8 cm³/mol. The van der Waals surface area contributed by atoms with Crippen molar-refractivity contribution in [1.82, 2.24) is 14.8 Å². The van der Waals surface area contributed by atoms with Gasteiger partial charge in [0.2, 0.25) is 0 Å². The molecule has 26 heavy (non-hydrogen) atoms. The third-order valence-corrected chi connectivity index (χ3v) is 5.34. The molecule has 3 heterocycles. The van der Waals surface area contributed by atoms with E-state index in [1.807, 2.05) is 6.07 Å². The second-order valence-electron chi connectivity index (χ2n) is 7.25. The molecule has 0 spiro atoms. The Bertz CT molecular complexity index is 795. The number of rotatable bonds is 3. The second kappa shape index (κ2) is 5.96. The van der Waals surface area contributed by atoms with Crippen molar-refractivity contribution in [1.29, 1.82) is 0 Å². The Kier molecular flexibility index (Phi) is 3.96. The van der Waals surface area contributed by atoms with Gasteiger partial charge in [-0.3, -0.25) is 4.68 Å². The van der Waals surface area contributed by atoms with Crippen LogP contribution in [0.2, 0.25) is 0 Å². The third-order valence-electron chi connectivity index (χ3n) is 5.34. The zero-order valence-electron chi connectivity index (χ0n) is 14.4. The normalized spacial score (nSPS) is 22.3. The quantitative estimate of drug-likeness (QED) is 0.761. The minimum atomic E-state index is -4.05. The highest BCUT2D eigenvalue weighted by Gasteiger charge is 2.63. The lowest BCUT2D eigenvalue weighted by molar-refractivity contribution is -0.172. The highest BCUT2D eigenvalue weighted by molar-refractivity contribution is 5.68. The Morgan fingerprint density at radius 2 is 1.73 bits per heavy atom. The molecule has 0 amide bonds. The minimum Gasteiger partial charge on any atom is -0.344 e. The lowest BCUT2D eigenvalue weighted by Crippen LogP contribution is -2.38. The molecule has 2 aromatic heterocycles. The van der Waals surface area contributed by atoms with Gasteiger partial charge in [0.1, 0.15) is 5.82 Å². The van der Waals surface area contributed by atoms with Crippen LogP contribution in [0.5, 0.6) is 0 Å². The van der Waals surface area contributed by atoms with E-state index in [-0.39, 0.29) is 5.82 Å². The molecule has 4 rings (SSSR count). The van der Waals surface area contributed by atoms with Crippen LogP contribution in [0.15, 0.2) is 24.5 Å². The molecule has 4 nitrogen and oxygen atoms in total. The van der Waals surface area contributed by atoms with Crippen molar-refractivity contribution in [2.45, 2.75) is 43.4 Å². The van der Waals surface area contributed by atoms with Crippen LogP contribution in [0.1, 0.15) is 37.2 Å². The Morgan fingerprint density at radius 3 is 2.31 bits per heavy atom. The molecule has 8 heteroatoms. The lowest BCUT2D eigenvalue weighted by Gasteiger charge is -2.20. The molecule has 0 bridgehead atoms. The van der Waals surface area contributed by atoms with Crippen molar-refractivity contribution >= 4 is 5.82 Å². The summed E-state index contributed by atoms with van der Waals surface area (Å²) in [5, 5.41) is 4.41. The van der Waals surface area contributed by atoms with Crippen LogP contribution >= 0.6 is 0 Å². The molecule has 0 atom stereocenters. The van der Waals surface area contributed by atoms with E-state index in [1.54, 1.807) is 30.2 Å². The first kappa shape index (κ1) is 17.3. The van der Waals surface area contributed by atoms with Crippen LogP contribution in [0.4, 0.5) is 23.4 Å². The van der Waals surface area contributed by atoms with E-state index >= 15 is 0 Å². The number of anilines is 1. The van der Waals surface area contributed by atoms with E-state index in [9.17, 15) is 17.6 Å². The highest BCUT2D eigenvalue weighted by atomic mass is 19.3. The van der Waals surface area contributed by atoms with E-state index in [2.05, 4.69) is 10.1 Å². The lowest BCUT2D eigenvalue weighted by atomic mass is 9.93. The molecule has 140 valence electrons. The first-order valence-electron chi connectivity index (χ1n) is 8.77. The Balaban J connectivity index is 1.74. The number of hydrogen-bond acceptors (Lipinski definition) is 3. The summed E-state index contributed by atoms with van der Waals surface area (Å²) in [5.41, 5.74) is 2.51. The van der Waals surface area contributed by atoms with E-state index in [4.69, 9.17) is 0 Å². The van der Waals surface area contributed by atoms with Gasteiger partial charge in [-0.15, -0.1) is 0 Å². The molecule has 0 N–H and O–H groups in total. The van der Waals surface area contributed by atoms with Gasteiger partial charge in [0.05, 0.1) is 18.8 Å². The largest absolute Gasteiger partial charge is 0.344 e. The zero-order valence-corrected chi connectivity index (χ0v) is 14.4. The number of aryl methyl sites for hydroxylation is 1. The van der Waals surface area contributed by atoms with Crippen molar-refractivity contribution < 1.29 is 17.6 Å². The van der Waals surface area contributed by atoms with Crippen LogP contribution in [0.25, 0.3) is 11.3 Å². The Morgan fingerprint density at radius 1 is 1.08 bits per heavy atom. The van der Waals surface area contributed by atoms with Crippen LogP contribution in [0.3, 0.4) is 0 Å². The van der Waals surface area contributed by atoms with E-state index in [1.165, 1.54) is 0 Å². The average molecular weight is 368 g/mol. The number of nitrogens with zero attached hydrogens (tertiary/aromatic N) is 4. The predicted octanol–water partition coefficient (Wildman–Crippen LogP) is 4.23. The van der Waals surface area contributed by atoms with Gasteiger partial charge in [0.25, 0.3) is 0 Å². The maximum absolute atomic E-state index is 13.6. The monoisotopic (exact) mass is 368 g/mol.